The number of hydrazine groups is 1. The van der Waals surface area contributed by atoms with E-state index in [2.05, 4.69) is 36.6 Å². The minimum Gasteiger partial charge on any atom is -0.382 e. The van der Waals surface area contributed by atoms with Crippen molar-refractivity contribution >= 4 is 5.84 Å². The Morgan fingerprint density at radius 3 is 2.40 bits per heavy atom. The maximum absolute atomic E-state index is 5.66. The highest BCUT2D eigenvalue weighted by molar-refractivity contribution is 5.97. The van der Waals surface area contributed by atoms with Gasteiger partial charge in [-0.2, -0.15) is 0 Å². The molecule has 1 aromatic carbocycles. The molecule has 0 bridgehead atoms. The first kappa shape index (κ1) is 11.5. The number of benzene rings is 1. The van der Waals surface area contributed by atoms with Gasteiger partial charge in [-0.1, -0.05) is 38.1 Å². The second-order valence-corrected chi connectivity index (χ2v) is 3.92. The van der Waals surface area contributed by atoms with Gasteiger partial charge in [-0.15, -0.1) is 5.10 Å². The van der Waals surface area contributed by atoms with E-state index in [1.165, 1.54) is 5.56 Å². The van der Waals surface area contributed by atoms with Gasteiger partial charge in [0.15, 0.2) is 5.84 Å². The molecular weight excluding hydrogens is 188 g/mol. The Morgan fingerprint density at radius 2 is 1.93 bits per heavy atom. The number of nitrogens with two attached hydrogens (primary N) is 2. The molecule has 0 aromatic heterocycles. The summed E-state index contributed by atoms with van der Waals surface area (Å²) in [4.78, 5) is 0. The van der Waals surface area contributed by atoms with Gasteiger partial charge in [-0.05, 0) is 17.9 Å². The average Bonchev–Trinajstić information content (AvgIpc) is 2.18. The van der Waals surface area contributed by atoms with Crippen LogP contribution in [0.25, 0.3) is 0 Å². The SMILES string of the molecule is CC(C)Cc1ccc(/C(N)=N/NN)cc1. The smallest absolute Gasteiger partial charge is 0.152 e. The molecule has 1 aromatic rings. The van der Waals surface area contributed by atoms with Crippen molar-refractivity contribution in [2.75, 3.05) is 0 Å². The highest BCUT2D eigenvalue weighted by Crippen LogP contribution is 2.09. The number of amidine groups is 1. The highest BCUT2D eigenvalue weighted by atomic mass is 15.5. The molecule has 0 radical (unpaired) electrons. The zero-order valence-electron chi connectivity index (χ0n) is 9.20. The van der Waals surface area contributed by atoms with E-state index in [4.69, 9.17) is 11.6 Å². The number of nitrogens with one attached hydrogen (secondary N) is 1. The van der Waals surface area contributed by atoms with Crippen LogP contribution in [0, 0.1) is 5.92 Å². The molecular formula is C11H18N4. The largest absolute Gasteiger partial charge is 0.382 e. The molecule has 0 fully saturated rings. The second kappa shape index (κ2) is 5.36. The van der Waals surface area contributed by atoms with Crippen LogP contribution in [0.3, 0.4) is 0 Å². The molecule has 15 heavy (non-hydrogen) atoms. The van der Waals surface area contributed by atoms with Crippen LogP contribution < -0.4 is 17.1 Å². The summed E-state index contributed by atoms with van der Waals surface area (Å²) in [6.45, 7) is 4.39. The Morgan fingerprint density at radius 1 is 1.33 bits per heavy atom. The predicted octanol–water partition coefficient (Wildman–Crippen LogP) is 0.969. The van der Waals surface area contributed by atoms with E-state index in [1.807, 2.05) is 12.1 Å². The van der Waals surface area contributed by atoms with Crippen molar-refractivity contribution in [1.29, 1.82) is 0 Å². The maximum atomic E-state index is 5.66. The lowest BCUT2D eigenvalue weighted by atomic mass is 10.0. The summed E-state index contributed by atoms with van der Waals surface area (Å²) in [7, 11) is 0. The first-order chi connectivity index (χ1) is 7.13. The van der Waals surface area contributed by atoms with Crippen molar-refractivity contribution in [1.82, 2.24) is 5.53 Å². The van der Waals surface area contributed by atoms with Crippen LogP contribution in [0.15, 0.2) is 29.4 Å². The molecule has 5 N–H and O–H groups in total. The first-order valence-electron chi connectivity index (χ1n) is 5.01. The van der Waals surface area contributed by atoms with Crippen LogP contribution in [-0.4, -0.2) is 5.84 Å². The molecule has 4 heteroatoms. The fraction of sp³-hybridized carbons (Fsp3) is 0.364. The molecule has 0 spiro atoms. The van der Waals surface area contributed by atoms with Crippen molar-refractivity contribution in [3.63, 3.8) is 0 Å². The van der Waals surface area contributed by atoms with Gasteiger partial charge in [0, 0.05) is 5.56 Å². The quantitative estimate of drug-likeness (QED) is 0.297. The van der Waals surface area contributed by atoms with E-state index in [0.29, 0.717) is 11.8 Å². The zero-order valence-corrected chi connectivity index (χ0v) is 9.20. The van der Waals surface area contributed by atoms with Gasteiger partial charge in [0.1, 0.15) is 0 Å². The van der Waals surface area contributed by atoms with Gasteiger partial charge < -0.3 is 5.73 Å². The monoisotopic (exact) mass is 206 g/mol. The van der Waals surface area contributed by atoms with Gasteiger partial charge in [0.25, 0.3) is 0 Å². The molecule has 0 aliphatic rings. The highest BCUT2D eigenvalue weighted by Gasteiger charge is 2.00. The Hall–Kier alpha value is -1.55. The van der Waals surface area contributed by atoms with Crippen molar-refractivity contribution in [3.8, 4) is 0 Å². The number of hydrogen-bond acceptors (Lipinski definition) is 3. The third-order valence-corrected chi connectivity index (χ3v) is 2.08. The summed E-state index contributed by atoms with van der Waals surface area (Å²) < 4.78 is 0. The lowest BCUT2D eigenvalue weighted by Crippen LogP contribution is -2.22. The van der Waals surface area contributed by atoms with Gasteiger partial charge in [0.2, 0.25) is 0 Å². The van der Waals surface area contributed by atoms with Gasteiger partial charge in [0.05, 0.1) is 0 Å². The van der Waals surface area contributed by atoms with Crippen LogP contribution in [0.5, 0.6) is 0 Å². The second-order valence-electron chi connectivity index (χ2n) is 3.92. The summed E-state index contributed by atoms with van der Waals surface area (Å²) in [5.74, 6) is 6.10. The molecule has 0 amide bonds. The van der Waals surface area contributed by atoms with Crippen LogP contribution in [0.2, 0.25) is 0 Å². The Bertz CT molecular complexity index is 327. The molecule has 82 valence electrons. The molecule has 0 atom stereocenters. The molecule has 0 saturated carbocycles. The first-order valence-corrected chi connectivity index (χ1v) is 5.01. The minimum absolute atomic E-state index is 0.397. The molecule has 0 heterocycles. The lowest BCUT2D eigenvalue weighted by molar-refractivity contribution is 0.647. The van der Waals surface area contributed by atoms with E-state index < -0.39 is 0 Å². The number of rotatable bonds is 4. The van der Waals surface area contributed by atoms with Crippen LogP contribution in [0.4, 0.5) is 0 Å². The molecule has 0 unspecified atom stereocenters. The topological polar surface area (TPSA) is 76.4 Å². The number of hydrogen-bond donors (Lipinski definition) is 3. The van der Waals surface area contributed by atoms with E-state index >= 15 is 0 Å². The minimum atomic E-state index is 0.397. The third-order valence-electron chi connectivity index (χ3n) is 2.08. The zero-order chi connectivity index (χ0) is 11.3. The molecule has 0 aliphatic heterocycles. The Balaban J connectivity index is 2.76. The summed E-state index contributed by atoms with van der Waals surface area (Å²) in [5.41, 5.74) is 10.0. The van der Waals surface area contributed by atoms with Gasteiger partial charge >= 0.3 is 0 Å². The fourth-order valence-electron chi connectivity index (χ4n) is 1.42. The molecule has 1 rings (SSSR count). The lowest BCUT2D eigenvalue weighted by Gasteiger charge is -2.06. The summed E-state index contributed by atoms with van der Waals surface area (Å²) in [6.07, 6.45) is 1.08. The van der Waals surface area contributed by atoms with Gasteiger partial charge in [-0.25, -0.2) is 11.4 Å². The summed E-state index contributed by atoms with van der Waals surface area (Å²) in [5, 5.41) is 3.71. The number of nitrogens with zero attached hydrogens (tertiary/aromatic N) is 1. The van der Waals surface area contributed by atoms with E-state index in [0.717, 1.165) is 12.0 Å². The standard InChI is InChI=1S/C11H18N4/c1-8(2)7-9-3-5-10(6-4-9)11(12)14-15-13/h3-6,8,15H,7,13H2,1-2H3,(H2,12,14). The fourth-order valence-corrected chi connectivity index (χ4v) is 1.42. The number of hydrazone groups is 1. The van der Waals surface area contributed by atoms with E-state index in [1.54, 1.807) is 0 Å². The van der Waals surface area contributed by atoms with E-state index in [-0.39, 0.29) is 0 Å². The van der Waals surface area contributed by atoms with Crippen molar-refractivity contribution in [2.24, 2.45) is 22.6 Å². The predicted molar refractivity (Wildman–Crippen MR) is 63.0 cm³/mol. The Labute approximate surface area is 90.3 Å². The van der Waals surface area contributed by atoms with E-state index in [9.17, 15) is 0 Å². The van der Waals surface area contributed by atoms with Crippen molar-refractivity contribution in [3.05, 3.63) is 35.4 Å². The third kappa shape index (κ3) is 3.59. The Kier molecular flexibility index (Phi) is 4.12. The van der Waals surface area contributed by atoms with Crippen molar-refractivity contribution in [2.45, 2.75) is 20.3 Å². The van der Waals surface area contributed by atoms with Gasteiger partial charge in [-0.3, -0.25) is 0 Å². The van der Waals surface area contributed by atoms with Crippen LogP contribution in [0.1, 0.15) is 25.0 Å². The summed E-state index contributed by atoms with van der Waals surface area (Å²) in [6, 6.07) is 8.03. The molecule has 0 saturated heterocycles. The van der Waals surface area contributed by atoms with Crippen LogP contribution in [-0.2, 0) is 6.42 Å². The average molecular weight is 206 g/mol. The van der Waals surface area contributed by atoms with Crippen LogP contribution >= 0.6 is 0 Å². The normalized spacial score (nSPS) is 11.9. The molecule has 4 nitrogen and oxygen atoms in total. The molecule has 0 aliphatic carbocycles. The maximum Gasteiger partial charge on any atom is 0.152 e. The van der Waals surface area contributed by atoms with Crippen molar-refractivity contribution < 1.29 is 0 Å². The summed E-state index contributed by atoms with van der Waals surface area (Å²) >= 11 is 0.